The normalized spacial score (nSPS) is 13.6. The molecule has 3 nitrogen and oxygen atoms in total. The van der Waals surface area contributed by atoms with Crippen LogP contribution in [0, 0.1) is 5.41 Å². The first-order valence-corrected chi connectivity index (χ1v) is 5.02. The molecule has 0 amide bonds. The highest BCUT2D eigenvalue weighted by molar-refractivity contribution is 5.85. The maximum absolute atomic E-state index is 11.7. The third-order valence-electron chi connectivity index (χ3n) is 2.21. The fraction of sp³-hybridized carbons (Fsp3) is 0.500. The number of aliphatic hydroxyl groups is 1. The Labute approximate surface area is 90.2 Å². The second kappa shape index (κ2) is 4.53. The van der Waals surface area contributed by atoms with Crippen LogP contribution in [-0.4, -0.2) is 22.0 Å². The number of pyridine rings is 1. The molecule has 1 heterocycles. The van der Waals surface area contributed by atoms with E-state index >= 15 is 0 Å². The predicted octanol–water partition coefficient (Wildman–Crippen LogP) is 1.60. The molecule has 0 spiro atoms. The largest absolute Gasteiger partial charge is 0.385 e. The zero-order chi connectivity index (χ0) is 11.5. The lowest BCUT2D eigenvalue weighted by atomic mass is 9.85. The number of carbonyl (C=O) groups is 1. The van der Waals surface area contributed by atoms with Gasteiger partial charge in [0.25, 0.3) is 0 Å². The van der Waals surface area contributed by atoms with Crippen molar-refractivity contribution < 1.29 is 9.90 Å². The molecule has 82 valence electrons. The van der Waals surface area contributed by atoms with Crippen LogP contribution in [0.3, 0.4) is 0 Å². The maximum Gasteiger partial charge on any atom is 0.167 e. The van der Waals surface area contributed by atoms with Crippen LogP contribution in [0.4, 0.5) is 0 Å². The van der Waals surface area contributed by atoms with E-state index in [0.717, 1.165) is 0 Å². The first kappa shape index (κ1) is 11.9. The van der Waals surface area contributed by atoms with Gasteiger partial charge in [0.05, 0.1) is 6.42 Å². The summed E-state index contributed by atoms with van der Waals surface area (Å²) in [5.74, 6) is -0.179. The summed E-state index contributed by atoms with van der Waals surface area (Å²) < 4.78 is 0. The lowest BCUT2D eigenvalue weighted by Gasteiger charge is -2.24. The van der Waals surface area contributed by atoms with Gasteiger partial charge in [-0.3, -0.25) is 9.78 Å². The monoisotopic (exact) mass is 207 g/mol. The Balaban J connectivity index is 2.65. The smallest absolute Gasteiger partial charge is 0.167 e. The van der Waals surface area contributed by atoms with Crippen LogP contribution in [0.25, 0.3) is 0 Å². The highest BCUT2D eigenvalue weighted by Crippen LogP contribution is 2.20. The Bertz CT molecular complexity index is 327. The number of hydrogen-bond donors (Lipinski definition) is 1. The van der Waals surface area contributed by atoms with Gasteiger partial charge in [-0.2, -0.15) is 0 Å². The van der Waals surface area contributed by atoms with E-state index in [1.807, 2.05) is 26.8 Å². The van der Waals surface area contributed by atoms with Crippen molar-refractivity contribution in [3.8, 4) is 0 Å². The first-order valence-electron chi connectivity index (χ1n) is 5.02. The molecule has 0 aromatic carbocycles. The van der Waals surface area contributed by atoms with Crippen molar-refractivity contribution in [3.05, 3.63) is 30.1 Å². The van der Waals surface area contributed by atoms with Gasteiger partial charge in [0.1, 0.15) is 6.10 Å². The van der Waals surface area contributed by atoms with E-state index in [2.05, 4.69) is 4.98 Å². The van der Waals surface area contributed by atoms with Gasteiger partial charge in [-0.05, 0) is 17.5 Å². The molecule has 0 saturated heterocycles. The summed E-state index contributed by atoms with van der Waals surface area (Å²) in [6, 6.07) is 5.42. The van der Waals surface area contributed by atoms with Crippen LogP contribution in [0.15, 0.2) is 24.4 Å². The van der Waals surface area contributed by atoms with Crippen LogP contribution < -0.4 is 0 Å². The van der Waals surface area contributed by atoms with E-state index in [9.17, 15) is 9.90 Å². The molecule has 1 N–H and O–H groups in total. The van der Waals surface area contributed by atoms with Crippen molar-refractivity contribution in [2.75, 3.05) is 0 Å². The van der Waals surface area contributed by atoms with Gasteiger partial charge in [0.2, 0.25) is 0 Å². The molecule has 1 unspecified atom stereocenters. The minimum Gasteiger partial charge on any atom is -0.385 e. The Morgan fingerprint density at radius 2 is 2.13 bits per heavy atom. The van der Waals surface area contributed by atoms with Gasteiger partial charge < -0.3 is 5.11 Å². The quantitative estimate of drug-likeness (QED) is 0.819. The lowest BCUT2D eigenvalue weighted by molar-refractivity contribution is -0.131. The highest BCUT2D eigenvalue weighted by Gasteiger charge is 2.28. The molecule has 0 bridgehead atoms. The molecule has 0 aliphatic heterocycles. The minimum absolute atomic E-state index is 0.179. The van der Waals surface area contributed by atoms with E-state index in [1.165, 1.54) is 0 Å². The van der Waals surface area contributed by atoms with Gasteiger partial charge >= 0.3 is 0 Å². The summed E-state index contributed by atoms with van der Waals surface area (Å²) in [5, 5.41) is 9.74. The molecule has 1 atom stereocenters. The Morgan fingerprint density at radius 3 is 2.60 bits per heavy atom. The fourth-order valence-corrected chi connectivity index (χ4v) is 1.26. The topological polar surface area (TPSA) is 50.2 Å². The van der Waals surface area contributed by atoms with Gasteiger partial charge in [-0.1, -0.05) is 26.8 Å². The van der Waals surface area contributed by atoms with Crippen LogP contribution in [0.2, 0.25) is 0 Å². The average molecular weight is 207 g/mol. The molecular weight excluding hydrogens is 190 g/mol. The summed E-state index contributed by atoms with van der Waals surface area (Å²) in [6.07, 6.45) is 0.908. The number of ketones is 1. The third kappa shape index (κ3) is 3.44. The molecule has 0 fully saturated rings. The fourth-order valence-electron chi connectivity index (χ4n) is 1.26. The standard InChI is InChI=1S/C12H17NO2/c1-12(2,3)11(15)10(14)8-9-6-4-5-7-13-9/h4-7,11,15H,8H2,1-3H3. The lowest BCUT2D eigenvalue weighted by Crippen LogP contribution is -2.35. The van der Waals surface area contributed by atoms with E-state index < -0.39 is 11.5 Å². The molecule has 0 aliphatic carbocycles. The van der Waals surface area contributed by atoms with Gasteiger partial charge in [0.15, 0.2) is 5.78 Å². The molecular formula is C12H17NO2. The second-order valence-corrected chi connectivity index (χ2v) is 4.73. The number of nitrogens with zero attached hydrogens (tertiary/aromatic N) is 1. The Hall–Kier alpha value is -1.22. The molecule has 1 aromatic heterocycles. The van der Waals surface area contributed by atoms with Crippen molar-refractivity contribution >= 4 is 5.78 Å². The first-order chi connectivity index (χ1) is 6.91. The second-order valence-electron chi connectivity index (χ2n) is 4.73. The van der Waals surface area contributed by atoms with Gasteiger partial charge in [-0.25, -0.2) is 0 Å². The van der Waals surface area contributed by atoms with Crippen molar-refractivity contribution in [1.29, 1.82) is 0 Å². The predicted molar refractivity (Wildman–Crippen MR) is 58.4 cm³/mol. The van der Waals surface area contributed by atoms with Crippen molar-refractivity contribution in [2.45, 2.75) is 33.3 Å². The zero-order valence-electron chi connectivity index (χ0n) is 9.40. The summed E-state index contributed by atoms with van der Waals surface area (Å²) >= 11 is 0. The van der Waals surface area contributed by atoms with Gasteiger partial charge in [0, 0.05) is 11.9 Å². The van der Waals surface area contributed by atoms with Crippen LogP contribution >= 0.6 is 0 Å². The zero-order valence-corrected chi connectivity index (χ0v) is 9.40. The number of carbonyl (C=O) groups excluding carboxylic acids is 1. The van der Waals surface area contributed by atoms with Crippen molar-refractivity contribution in [2.24, 2.45) is 5.41 Å². The summed E-state index contributed by atoms with van der Waals surface area (Å²) in [7, 11) is 0. The molecule has 0 radical (unpaired) electrons. The number of aliphatic hydroxyl groups excluding tert-OH is 1. The summed E-state index contributed by atoms with van der Waals surface area (Å²) in [4.78, 5) is 15.7. The molecule has 0 aliphatic rings. The maximum atomic E-state index is 11.7. The van der Waals surface area contributed by atoms with Crippen LogP contribution in [-0.2, 0) is 11.2 Å². The summed E-state index contributed by atoms with van der Waals surface area (Å²) in [6.45, 7) is 5.52. The van der Waals surface area contributed by atoms with Crippen molar-refractivity contribution in [3.63, 3.8) is 0 Å². The third-order valence-corrected chi connectivity index (χ3v) is 2.21. The van der Waals surface area contributed by atoms with Crippen molar-refractivity contribution in [1.82, 2.24) is 4.98 Å². The van der Waals surface area contributed by atoms with E-state index in [-0.39, 0.29) is 12.2 Å². The molecule has 15 heavy (non-hydrogen) atoms. The SMILES string of the molecule is CC(C)(C)C(O)C(=O)Cc1ccccn1. The number of rotatable bonds is 3. The number of hydrogen-bond acceptors (Lipinski definition) is 3. The van der Waals surface area contributed by atoms with E-state index in [1.54, 1.807) is 18.3 Å². The average Bonchev–Trinajstić information content (AvgIpc) is 2.16. The number of Topliss-reactive ketones (excluding diaryl/α,β-unsaturated/α-hetero) is 1. The minimum atomic E-state index is -0.931. The molecule has 1 rings (SSSR count). The van der Waals surface area contributed by atoms with Gasteiger partial charge in [-0.15, -0.1) is 0 Å². The molecule has 1 aromatic rings. The number of aromatic nitrogens is 1. The molecule has 0 saturated carbocycles. The van der Waals surface area contributed by atoms with E-state index in [0.29, 0.717) is 5.69 Å². The Kier molecular flexibility index (Phi) is 3.58. The van der Waals surface area contributed by atoms with E-state index in [4.69, 9.17) is 0 Å². The van der Waals surface area contributed by atoms with Crippen LogP contribution in [0.1, 0.15) is 26.5 Å². The van der Waals surface area contributed by atoms with Crippen LogP contribution in [0.5, 0.6) is 0 Å². The molecule has 3 heteroatoms. The highest BCUT2D eigenvalue weighted by atomic mass is 16.3. The summed E-state index contributed by atoms with van der Waals surface area (Å²) in [5.41, 5.74) is 0.289. The Morgan fingerprint density at radius 1 is 1.47 bits per heavy atom.